The van der Waals surface area contributed by atoms with Crippen LogP contribution in [0.25, 0.3) is 15.6 Å². The quantitative estimate of drug-likeness (QED) is 0.0227. The monoisotopic (exact) mass is 1560 g/mol. The van der Waals surface area contributed by atoms with Gasteiger partial charge in [-0.25, -0.2) is 18.5 Å². The van der Waals surface area contributed by atoms with Crippen LogP contribution in [0.5, 0.6) is 0 Å². The van der Waals surface area contributed by atoms with E-state index in [4.69, 9.17) is 34.1 Å². The molecule has 0 aliphatic carbocycles. The summed E-state index contributed by atoms with van der Waals surface area (Å²) in [4.78, 5) is 22.8. The van der Waals surface area contributed by atoms with Crippen molar-refractivity contribution in [2.75, 3.05) is 27.7 Å². The molecule has 0 atom stereocenters. The molecule has 10 aromatic carbocycles. The predicted octanol–water partition coefficient (Wildman–Crippen LogP) is 32.0. The highest BCUT2D eigenvalue weighted by atomic mass is 35.5. The van der Waals surface area contributed by atoms with E-state index in [0.717, 1.165) is 56.9 Å². The van der Waals surface area contributed by atoms with Gasteiger partial charge in [-0.05, 0) is 209 Å². The normalized spacial score (nSPS) is 10.7. The molecule has 0 amide bonds. The minimum absolute atomic E-state index is 0. The molecular formula is C97H125Cl2F5N2O3S. The standard InChI is InChI=1S/C15H23NO.C13H14.C11H16.C10H11F3.C10H11N.C10H14O2S.2C9H11Cl.C9H10F2.CH4/c1-12(2)13-7-9-14(10-8-13)15(17)6-5-11-16(3)4;1-10(2)12-8-7-11-5-3-4-6-13(11)9-12;1-8(2)11-9(3)6-5-7-10(11)4;1-7(2)8-4-3-5-9(6-8)10(11,12)13;1-8(2)9-4-6-10(11-3)7-5-9;1-8(2)9-4-6-10(7-5-9)13-12-11-3;1-7(2)8-3-5-9(10)6-4-8;1-7(2)8-5-3-4-6-9(8)10;1-6(2)8-4-3-7(10)5-9(8)11;/h7-10,12H,5-6,11H2,1-4H3;3-10H,1-2H3;5-8H,1-4H3;3-7H,1-2H3;4-8H,1-2H3;4-8H,1-3H3;2*3-7H,1-2H3;3-6H,1-2H3;1H4. The number of rotatable bonds is 17. The molecule has 13 heteroatoms. The minimum Gasteiger partial charge on any atom is -0.309 e. The van der Waals surface area contributed by atoms with Crippen molar-refractivity contribution in [3.05, 3.63) is 330 Å². The summed E-state index contributed by atoms with van der Waals surface area (Å²) in [5.74, 6) is 3.53. The van der Waals surface area contributed by atoms with Crippen molar-refractivity contribution >= 4 is 57.5 Å². The first-order chi connectivity index (χ1) is 51.3. The Morgan fingerprint density at radius 2 is 0.909 bits per heavy atom. The SMILES string of the molecule is C.CC(C)c1ccc(C(=O)CCCN(C)C)cc1.CC(C)c1ccc(Cl)cc1.CC(C)c1ccc(F)cc1F.CC(C)c1ccc2ccccc2c1.CC(C)c1cccc(C(F)(F)F)c1.CC(C)c1ccccc1Cl.COOSc1ccc(C(C)C)cc1.Cc1cccc(C)c1C(C)C.[C-]#[N+]c1ccc(C(C)C)cc1. The summed E-state index contributed by atoms with van der Waals surface area (Å²) in [7, 11) is 5.55. The Morgan fingerprint density at radius 1 is 0.473 bits per heavy atom. The van der Waals surface area contributed by atoms with Crippen molar-refractivity contribution in [2.24, 2.45) is 0 Å². The fraction of sp³-hybridized carbons (Fsp3) is 0.381. The van der Waals surface area contributed by atoms with Gasteiger partial charge in [0.25, 0.3) is 0 Å². The van der Waals surface area contributed by atoms with E-state index in [0.29, 0.717) is 53.4 Å². The second-order valence-electron chi connectivity index (χ2n) is 29.7. The molecule has 0 saturated heterocycles. The Bertz CT molecular complexity index is 4200. The van der Waals surface area contributed by atoms with Crippen LogP contribution in [0.1, 0.15) is 275 Å². The average molecular weight is 1570 g/mol. The lowest BCUT2D eigenvalue weighted by Crippen LogP contribution is -2.14. The number of hydrogen-bond donors (Lipinski definition) is 0. The van der Waals surface area contributed by atoms with Gasteiger partial charge in [0.05, 0.1) is 31.3 Å². The van der Waals surface area contributed by atoms with E-state index >= 15 is 0 Å². The van der Waals surface area contributed by atoms with Crippen molar-refractivity contribution in [1.29, 1.82) is 0 Å². The Kier molecular flexibility index (Phi) is 48.3. The average Bonchev–Trinajstić information content (AvgIpc) is 0.850. The number of carbonyl (C=O) groups excluding carboxylic acids is 1. The van der Waals surface area contributed by atoms with Crippen LogP contribution in [0.15, 0.2) is 229 Å². The molecular weight excluding hydrogens is 1440 g/mol. The molecule has 0 fully saturated rings. The second kappa shape index (κ2) is 53.1. The van der Waals surface area contributed by atoms with Crippen LogP contribution in [-0.4, -0.2) is 38.4 Å². The zero-order valence-electron chi connectivity index (χ0n) is 68.9. The summed E-state index contributed by atoms with van der Waals surface area (Å²) < 4.78 is 66.7. The lowest BCUT2D eigenvalue weighted by molar-refractivity contribution is -0.160. The maximum Gasteiger partial charge on any atom is 0.416 e. The first-order valence-corrected chi connectivity index (χ1v) is 39.2. The smallest absolute Gasteiger partial charge is 0.309 e. The van der Waals surface area contributed by atoms with E-state index in [1.165, 1.54) is 104 Å². The van der Waals surface area contributed by atoms with Gasteiger partial charge in [-0.2, -0.15) is 17.5 Å². The summed E-state index contributed by atoms with van der Waals surface area (Å²) in [6.07, 6.45) is -2.66. The number of Topliss-reactive ketones (excluding diaryl/α,β-unsaturated/α-hetero) is 1. The number of alkyl halides is 3. The van der Waals surface area contributed by atoms with Crippen molar-refractivity contribution in [2.45, 2.75) is 223 Å². The molecule has 0 saturated carbocycles. The van der Waals surface area contributed by atoms with E-state index in [2.05, 4.69) is 229 Å². The third-order valence-electron chi connectivity index (χ3n) is 17.4. The first-order valence-electron chi connectivity index (χ1n) is 37.7. The maximum absolute atomic E-state index is 12.9. The summed E-state index contributed by atoms with van der Waals surface area (Å²) in [5.41, 5.74) is 14.5. The number of ketones is 1. The number of carbonyl (C=O) groups is 1. The van der Waals surface area contributed by atoms with Crippen molar-refractivity contribution in [3.8, 4) is 0 Å². The highest BCUT2D eigenvalue weighted by molar-refractivity contribution is 7.94. The zero-order valence-corrected chi connectivity index (χ0v) is 71.2. The van der Waals surface area contributed by atoms with Crippen LogP contribution < -0.4 is 0 Å². The molecule has 0 radical (unpaired) electrons. The van der Waals surface area contributed by atoms with Gasteiger partial charge < -0.3 is 4.90 Å². The third-order valence-corrected chi connectivity index (χ3v) is 18.7. The second-order valence-corrected chi connectivity index (χ2v) is 31.3. The van der Waals surface area contributed by atoms with Crippen LogP contribution in [0.4, 0.5) is 27.6 Å². The van der Waals surface area contributed by atoms with Gasteiger partial charge in [0.1, 0.15) is 11.6 Å². The van der Waals surface area contributed by atoms with Gasteiger partial charge in [-0.1, -0.05) is 331 Å². The van der Waals surface area contributed by atoms with Crippen LogP contribution in [0, 0.1) is 32.1 Å². The Hall–Kier alpha value is -7.92. The van der Waals surface area contributed by atoms with Gasteiger partial charge in [-0.3, -0.25) is 4.79 Å². The van der Waals surface area contributed by atoms with Gasteiger partial charge in [0.15, 0.2) is 11.5 Å². The first kappa shape index (κ1) is 100. The predicted molar refractivity (Wildman–Crippen MR) is 466 cm³/mol. The summed E-state index contributed by atoms with van der Waals surface area (Å²) in [6, 6.07) is 70.7. The topological polar surface area (TPSA) is 43.1 Å². The fourth-order valence-electron chi connectivity index (χ4n) is 10.8. The van der Waals surface area contributed by atoms with E-state index in [1.807, 2.05) is 121 Å². The molecule has 0 bridgehead atoms. The van der Waals surface area contributed by atoms with Crippen LogP contribution in [0.2, 0.25) is 10.0 Å². The number of hydrogen-bond acceptors (Lipinski definition) is 5. The molecule has 5 nitrogen and oxygen atoms in total. The van der Waals surface area contributed by atoms with Crippen LogP contribution >= 0.6 is 35.2 Å². The largest absolute Gasteiger partial charge is 0.416 e. The Labute approximate surface area is 674 Å². The molecule has 10 rings (SSSR count). The van der Waals surface area contributed by atoms with E-state index in [-0.39, 0.29) is 25.0 Å². The van der Waals surface area contributed by atoms with Gasteiger partial charge >= 0.3 is 6.18 Å². The molecule has 0 aliphatic rings. The molecule has 0 heterocycles. The Morgan fingerprint density at radius 3 is 1.33 bits per heavy atom. The van der Waals surface area contributed by atoms with Crippen molar-refractivity contribution in [1.82, 2.24) is 4.90 Å². The van der Waals surface area contributed by atoms with Crippen molar-refractivity contribution in [3.63, 3.8) is 0 Å². The van der Waals surface area contributed by atoms with Crippen LogP contribution in [0.3, 0.4) is 0 Å². The summed E-state index contributed by atoms with van der Waals surface area (Å²) in [6.45, 7) is 50.1. The van der Waals surface area contributed by atoms with Crippen LogP contribution in [-0.2, 0) is 15.4 Å². The van der Waals surface area contributed by atoms with Crippen molar-refractivity contribution < 1.29 is 36.0 Å². The Balaban J connectivity index is 0.000000621. The molecule has 0 aliphatic heterocycles. The molecule has 10 aromatic rings. The van der Waals surface area contributed by atoms with Gasteiger partial charge in [0.2, 0.25) is 0 Å². The highest BCUT2D eigenvalue weighted by Crippen LogP contribution is 2.32. The molecule has 0 aromatic heterocycles. The number of aryl methyl sites for hydroxylation is 2. The lowest BCUT2D eigenvalue weighted by atomic mass is 9.94. The fourth-order valence-corrected chi connectivity index (χ4v) is 11.7. The van der Waals surface area contributed by atoms with Gasteiger partial charge in [-0.15, -0.1) is 0 Å². The molecule has 0 spiro atoms. The summed E-state index contributed by atoms with van der Waals surface area (Å²) >= 11 is 12.9. The van der Waals surface area contributed by atoms with E-state index in [9.17, 15) is 26.7 Å². The number of halogens is 7. The zero-order chi connectivity index (χ0) is 82.1. The highest BCUT2D eigenvalue weighted by Gasteiger charge is 2.30. The van der Waals surface area contributed by atoms with E-state index < -0.39 is 23.4 Å². The molecule has 0 N–H and O–H groups in total. The lowest BCUT2D eigenvalue weighted by Gasteiger charge is -2.12. The summed E-state index contributed by atoms with van der Waals surface area (Å²) in [5, 5.41) is 4.35. The molecule has 596 valence electrons. The molecule has 110 heavy (non-hydrogen) atoms. The maximum atomic E-state index is 12.9. The molecule has 0 unspecified atom stereocenters. The number of fused-ring (bicyclic) bond motifs is 1. The van der Waals surface area contributed by atoms with E-state index in [1.54, 1.807) is 6.07 Å². The number of nitrogens with zero attached hydrogens (tertiary/aromatic N) is 2. The van der Waals surface area contributed by atoms with Gasteiger partial charge in [0, 0.05) is 33.0 Å². The number of benzene rings is 10. The minimum atomic E-state index is -4.23. The third kappa shape index (κ3) is 39.3.